The van der Waals surface area contributed by atoms with Crippen LogP contribution in [0.2, 0.25) is 0 Å². The summed E-state index contributed by atoms with van der Waals surface area (Å²) < 4.78 is 2.26. The third-order valence-electron chi connectivity index (χ3n) is 3.21. The SMILES string of the molecule is CCn1c(CCC(C)CN)nc2cnccc21. The molecule has 0 aromatic carbocycles. The second-order valence-corrected chi connectivity index (χ2v) is 4.52. The highest BCUT2D eigenvalue weighted by atomic mass is 15.1. The first-order valence-corrected chi connectivity index (χ1v) is 6.25. The van der Waals surface area contributed by atoms with Gasteiger partial charge in [0, 0.05) is 19.2 Å². The number of aryl methyl sites for hydroxylation is 2. The molecule has 2 aromatic rings. The van der Waals surface area contributed by atoms with Crippen LogP contribution in [-0.2, 0) is 13.0 Å². The molecule has 1 unspecified atom stereocenters. The van der Waals surface area contributed by atoms with E-state index in [1.807, 2.05) is 18.5 Å². The van der Waals surface area contributed by atoms with Crippen LogP contribution in [0.1, 0.15) is 26.1 Å². The average molecular weight is 232 g/mol. The summed E-state index contributed by atoms with van der Waals surface area (Å²) in [6, 6.07) is 2.03. The topological polar surface area (TPSA) is 56.7 Å². The zero-order valence-electron chi connectivity index (χ0n) is 10.6. The molecule has 17 heavy (non-hydrogen) atoms. The molecule has 4 nitrogen and oxygen atoms in total. The highest BCUT2D eigenvalue weighted by Gasteiger charge is 2.10. The largest absolute Gasteiger partial charge is 0.330 e. The molecule has 2 aromatic heterocycles. The predicted octanol–water partition coefficient (Wildman–Crippen LogP) is 1.98. The number of rotatable bonds is 5. The van der Waals surface area contributed by atoms with Gasteiger partial charge in [-0.05, 0) is 31.9 Å². The molecule has 0 fully saturated rings. The van der Waals surface area contributed by atoms with Crippen molar-refractivity contribution in [2.75, 3.05) is 6.54 Å². The van der Waals surface area contributed by atoms with Crippen LogP contribution in [0, 0.1) is 5.92 Å². The summed E-state index contributed by atoms with van der Waals surface area (Å²) in [4.78, 5) is 8.77. The van der Waals surface area contributed by atoms with E-state index >= 15 is 0 Å². The van der Waals surface area contributed by atoms with Gasteiger partial charge in [0.2, 0.25) is 0 Å². The van der Waals surface area contributed by atoms with E-state index in [4.69, 9.17) is 5.73 Å². The number of nitrogens with zero attached hydrogens (tertiary/aromatic N) is 3. The highest BCUT2D eigenvalue weighted by Crippen LogP contribution is 2.17. The average Bonchev–Trinajstić information content (AvgIpc) is 2.73. The molecule has 0 saturated heterocycles. The highest BCUT2D eigenvalue weighted by molar-refractivity contribution is 5.74. The van der Waals surface area contributed by atoms with Crippen molar-refractivity contribution in [3.05, 3.63) is 24.3 Å². The van der Waals surface area contributed by atoms with Crippen LogP contribution in [0.25, 0.3) is 11.0 Å². The summed E-state index contributed by atoms with van der Waals surface area (Å²) in [6.45, 7) is 6.03. The molecule has 0 spiro atoms. The third-order valence-corrected chi connectivity index (χ3v) is 3.21. The molecule has 0 aliphatic heterocycles. The quantitative estimate of drug-likeness (QED) is 0.857. The Kier molecular flexibility index (Phi) is 3.74. The number of pyridine rings is 1. The van der Waals surface area contributed by atoms with Crippen molar-refractivity contribution in [1.82, 2.24) is 14.5 Å². The maximum atomic E-state index is 5.64. The van der Waals surface area contributed by atoms with E-state index in [2.05, 4.69) is 28.4 Å². The van der Waals surface area contributed by atoms with Gasteiger partial charge in [0.15, 0.2) is 0 Å². The van der Waals surface area contributed by atoms with Crippen LogP contribution in [-0.4, -0.2) is 21.1 Å². The van der Waals surface area contributed by atoms with Gasteiger partial charge in [-0.1, -0.05) is 6.92 Å². The minimum atomic E-state index is 0.554. The standard InChI is InChI=1S/C13H20N4/c1-3-17-12-6-7-15-9-11(12)16-13(17)5-4-10(2)8-14/h6-7,9-10H,3-5,8,14H2,1-2H3. The van der Waals surface area contributed by atoms with Gasteiger partial charge in [0.1, 0.15) is 11.3 Å². The number of nitrogens with two attached hydrogens (primary N) is 1. The molecule has 0 aliphatic rings. The van der Waals surface area contributed by atoms with Gasteiger partial charge in [-0.3, -0.25) is 4.98 Å². The molecule has 2 N–H and O–H groups in total. The van der Waals surface area contributed by atoms with E-state index < -0.39 is 0 Å². The van der Waals surface area contributed by atoms with Gasteiger partial charge in [-0.2, -0.15) is 0 Å². The number of imidazole rings is 1. The van der Waals surface area contributed by atoms with Gasteiger partial charge >= 0.3 is 0 Å². The molecule has 4 heteroatoms. The fourth-order valence-electron chi connectivity index (χ4n) is 2.07. The fourth-order valence-corrected chi connectivity index (χ4v) is 2.07. The van der Waals surface area contributed by atoms with Gasteiger partial charge in [-0.25, -0.2) is 4.98 Å². The van der Waals surface area contributed by atoms with Crippen molar-refractivity contribution in [3.63, 3.8) is 0 Å². The molecular formula is C13H20N4. The summed E-state index contributed by atoms with van der Waals surface area (Å²) in [5.41, 5.74) is 7.81. The number of aromatic nitrogens is 3. The molecule has 0 saturated carbocycles. The van der Waals surface area contributed by atoms with Crippen LogP contribution in [0.3, 0.4) is 0 Å². The minimum absolute atomic E-state index is 0.554. The fraction of sp³-hybridized carbons (Fsp3) is 0.538. The Morgan fingerprint density at radius 1 is 1.47 bits per heavy atom. The lowest BCUT2D eigenvalue weighted by atomic mass is 10.1. The molecule has 0 amide bonds. The summed E-state index contributed by atoms with van der Waals surface area (Å²) in [6.07, 6.45) is 5.73. The molecule has 92 valence electrons. The van der Waals surface area contributed by atoms with Gasteiger partial charge < -0.3 is 10.3 Å². The Labute approximate surface area is 102 Å². The van der Waals surface area contributed by atoms with Crippen molar-refractivity contribution in [2.45, 2.75) is 33.2 Å². The van der Waals surface area contributed by atoms with E-state index in [0.29, 0.717) is 5.92 Å². The van der Waals surface area contributed by atoms with Crippen LogP contribution in [0.4, 0.5) is 0 Å². The van der Waals surface area contributed by atoms with E-state index in [9.17, 15) is 0 Å². The maximum absolute atomic E-state index is 5.64. The van der Waals surface area contributed by atoms with Crippen molar-refractivity contribution < 1.29 is 0 Å². The second kappa shape index (κ2) is 5.27. The Hall–Kier alpha value is -1.42. The smallest absolute Gasteiger partial charge is 0.109 e. The molecular weight excluding hydrogens is 212 g/mol. The van der Waals surface area contributed by atoms with Crippen LogP contribution in [0.5, 0.6) is 0 Å². The van der Waals surface area contributed by atoms with Crippen LogP contribution in [0.15, 0.2) is 18.5 Å². The Bertz CT molecular complexity index is 489. The van der Waals surface area contributed by atoms with E-state index in [-0.39, 0.29) is 0 Å². The van der Waals surface area contributed by atoms with Crippen molar-refractivity contribution in [2.24, 2.45) is 11.7 Å². The zero-order valence-corrected chi connectivity index (χ0v) is 10.6. The third kappa shape index (κ3) is 2.47. The summed E-state index contributed by atoms with van der Waals surface area (Å²) in [5, 5.41) is 0. The molecule has 2 rings (SSSR count). The van der Waals surface area contributed by atoms with Gasteiger partial charge in [0.25, 0.3) is 0 Å². The van der Waals surface area contributed by atoms with Crippen LogP contribution < -0.4 is 5.73 Å². The molecule has 1 atom stereocenters. The summed E-state index contributed by atoms with van der Waals surface area (Å²) in [7, 11) is 0. The van der Waals surface area contributed by atoms with Crippen LogP contribution >= 0.6 is 0 Å². The normalized spacial score (nSPS) is 13.1. The molecule has 2 heterocycles. The lowest BCUT2D eigenvalue weighted by molar-refractivity contribution is 0.527. The summed E-state index contributed by atoms with van der Waals surface area (Å²) in [5.74, 6) is 1.70. The number of hydrogen-bond acceptors (Lipinski definition) is 3. The monoisotopic (exact) mass is 232 g/mol. The molecule has 0 aliphatic carbocycles. The van der Waals surface area contributed by atoms with Crippen molar-refractivity contribution >= 4 is 11.0 Å². The minimum Gasteiger partial charge on any atom is -0.330 e. The van der Waals surface area contributed by atoms with Gasteiger partial charge in [-0.15, -0.1) is 0 Å². The maximum Gasteiger partial charge on any atom is 0.109 e. The second-order valence-electron chi connectivity index (χ2n) is 4.52. The first-order chi connectivity index (χ1) is 8.26. The lowest BCUT2D eigenvalue weighted by Crippen LogP contribution is -2.12. The zero-order chi connectivity index (χ0) is 12.3. The van der Waals surface area contributed by atoms with Crippen molar-refractivity contribution in [1.29, 1.82) is 0 Å². The molecule has 0 bridgehead atoms. The summed E-state index contributed by atoms with van der Waals surface area (Å²) >= 11 is 0. The Morgan fingerprint density at radius 2 is 2.29 bits per heavy atom. The van der Waals surface area contributed by atoms with E-state index in [1.165, 1.54) is 5.52 Å². The lowest BCUT2D eigenvalue weighted by Gasteiger charge is -2.09. The number of fused-ring (bicyclic) bond motifs is 1. The Balaban J connectivity index is 2.27. The van der Waals surface area contributed by atoms with E-state index in [1.54, 1.807) is 0 Å². The predicted molar refractivity (Wildman–Crippen MR) is 69.7 cm³/mol. The number of hydrogen-bond donors (Lipinski definition) is 1. The molecule has 0 radical (unpaired) electrons. The first kappa shape index (κ1) is 12.0. The van der Waals surface area contributed by atoms with E-state index in [0.717, 1.165) is 37.3 Å². The first-order valence-electron chi connectivity index (χ1n) is 6.25. The van der Waals surface area contributed by atoms with Gasteiger partial charge in [0.05, 0.1) is 11.7 Å². The van der Waals surface area contributed by atoms with Crippen molar-refractivity contribution in [3.8, 4) is 0 Å². The Morgan fingerprint density at radius 3 is 3.00 bits per heavy atom.